The molecule has 4 heteroatoms. The predicted molar refractivity (Wildman–Crippen MR) is 64.4 cm³/mol. The second-order valence-electron chi connectivity index (χ2n) is 3.79. The van der Waals surface area contributed by atoms with Gasteiger partial charge in [0.05, 0.1) is 0 Å². The van der Waals surface area contributed by atoms with Crippen LogP contribution in [0.4, 0.5) is 0 Å². The Kier molecular flexibility index (Phi) is 14.9. The maximum Gasteiger partial charge on any atom is 0.00768 e. The van der Waals surface area contributed by atoms with E-state index in [1.807, 2.05) is 0 Å². The number of hydrogen-bond acceptors (Lipinski definition) is 4. The van der Waals surface area contributed by atoms with E-state index >= 15 is 0 Å². The predicted octanol–water partition coefficient (Wildman–Crippen LogP) is -0.114. The molecule has 0 aromatic rings. The minimum absolute atomic E-state index is 0.573. The van der Waals surface area contributed by atoms with E-state index in [0.29, 0.717) is 12.1 Å². The maximum atomic E-state index is 5.21. The van der Waals surface area contributed by atoms with Gasteiger partial charge in [-0.1, -0.05) is 27.7 Å². The van der Waals surface area contributed by atoms with Gasteiger partial charge in [-0.2, -0.15) is 0 Å². The third kappa shape index (κ3) is 22.6. The van der Waals surface area contributed by atoms with Gasteiger partial charge < -0.3 is 22.1 Å². The summed E-state index contributed by atoms with van der Waals surface area (Å²) in [6.07, 6.45) is 0. The molecule has 0 spiro atoms. The molecule has 0 aliphatic heterocycles. The smallest absolute Gasteiger partial charge is 0.00768 e. The average molecular weight is 204 g/mol. The van der Waals surface area contributed by atoms with Gasteiger partial charge in [-0.3, -0.25) is 0 Å². The molecule has 4 nitrogen and oxygen atoms in total. The molecule has 0 atom stereocenters. The van der Waals surface area contributed by atoms with Crippen molar-refractivity contribution in [3.05, 3.63) is 0 Å². The Morgan fingerprint density at radius 3 is 1.14 bits per heavy atom. The Morgan fingerprint density at radius 2 is 1.07 bits per heavy atom. The summed E-state index contributed by atoms with van der Waals surface area (Å²) in [5.74, 6) is 0. The van der Waals surface area contributed by atoms with Crippen LogP contribution in [0.2, 0.25) is 0 Å². The van der Waals surface area contributed by atoms with Gasteiger partial charge in [0.1, 0.15) is 0 Å². The minimum Gasteiger partial charge on any atom is -0.329 e. The molecule has 0 aromatic carbocycles. The third-order valence-electron chi connectivity index (χ3n) is 1.39. The fourth-order valence-electron chi connectivity index (χ4n) is 0.744. The van der Waals surface area contributed by atoms with Crippen molar-refractivity contribution in [3.8, 4) is 0 Å². The topological polar surface area (TPSA) is 76.1 Å². The Morgan fingerprint density at radius 1 is 0.786 bits per heavy atom. The molecule has 0 saturated heterocycles. The Balaban J connectivity index is 0. The summed E-state index contributed by atoms with van der Waals surface area (Å²) in [5.41, 5.74) is 10.4. The van der Waals surface area contributed by atoms with Crippen LogP contribution >= 0.6 is 0 Å². The van der Waals surface area contributed by atoms with Crippen molar-refractivity contribution in [1.82, 2.24) is 10.6 Å². The Hall–Kier alpha value is -0.160. The molecule has 0 aliphatic rings. The van der Waals surface area contributed by atoms with E-state index in [-0.39, 0.29) is 0 Å². The van der Waals surface area contributed by atoms with Crippen molar-refractivity contribution in [2.75, 3.05) is 26.2 Å². The van der Waals surface area contributed by atoms with Crippen LogP contribution in [0.5, 0.6) is 0 Å². The fourth-order valence-corrected chi connectivity index (χ4v) is 0.744. The Bertz CT molecular complexity index is 82.1. The minimum atomic E-state index is 0.573. The number of nitrogens with two attached hydrogens (primary N) is 2. The third-order valence-corrected chi connectivity index (χ3v) is 1.39. The summed E-state index contributed by atoms with van der Waals surface area (Å²) in [4.78, 5) is 0. The van der Waals surface area contributed by atoms with Gasteiger partial charge >= 0.3 is 0 Å². The molecule has 0 radical (unpaired) electrons. The van der Waals surface area contributed by atoms with Gasteiger partial charge in [-0.05, 0) is 0 Å². The summed E-state index contributed by atoms with van der Waals surface area (Å²) in [7, 11) is 0. The van der Waals surface area contributed by atoms with Gasteiger partial charge in [0.25, 0.3) is 0 Å². The van der Waals surface area contributed by atoms with E-state index in [0.717, 1.165) is 26.2 Å². The van der Waals surface area contributed by atoms with Crippen LogP contribution in [0.25, 0.3) is 0 Å². The zero-order chi connectivity index (χ0) is 11.4. The van der Waals surface area contributed by atoms with Gasteiger partial charge in [0, 0.05) is 38.3 Å². The molecule has 0 heterocycles. The molecule has 0 bridgehead atoms. The maximum absolute atomic E-state index is 5.21. The van der Waals surface area contributed by atoms with Gasteiger partial charge in [-0.15, -0.1) is 0 Å². The molecule has 0 amide bonds. The van der Waals surface area contributed by atoms with Crippen LogP contribution in [-0.2, 0) is 0 Å². The molecule has 14 heavy (non-hydrogen) atoms. The first-order chi connectivity index (χ1) is 6.54. The largest absolute Gasteiger partial charge is 0.329 e. The normalized spacial score (nSPS) is 10.3. The summed E-state index contributed by atoms with van der Waals surface area (Å²) in [6, 6.07) is 1.15. The molecular weight excluding hydrogens is 176 g/mol. The molecule has 0 saturated carbocycles. The van der Waals surface area contributed by atoms with Crippen molar-refractivity contribution in [2.24, 2.45) is 11.5 Å². The molecule has 0 fully saturated rings. The summed E-state index contributed by atoms with van der Waals surface area (Å²) >= 11 is 0. The summed E-state index contributed by atoms with van der Waals surface area (Å²) in [5, 5.41) is 6.34. The van der Waals surface area contributed by atoms with Crippen molar-refractivity contribution in [1.29, 1.82) is 0 Å². The lowest BCUT2D eigenvalue weighted by Crippen LogP contribution is -2.28. The van der Waals surface area contributed by atoms with Crippen LogP contribution in [-0.4, -0.2) is 38.3 Å². The fraction of sp³-hybridized carbons (Fsp3) is 1.00. The quantitative estimate of drug-likeness (QED) is 0.487. The highest BCUT2D eigenvalue weighted by atomic mass is 14.9. The van der Waals surface area contributed by atoms with Crippen molar-refractivity contribution < 1.29 is 0 Å². The monoisotopic (exact) mass is 204 g/mol. The molecule has 6 N–H and O–H groups in total. The highest BCUT2D eigenvalue weighted by Crippen LogP contribution is 1.71. The standard InChI is InChI=1S/2C5H14N2/c2*1-5(2)7-4-3-6/h2*5,7H,3-4,6H2,1-2H3. The lowest BCUT2D eigenvalue weighted by atomic mass is 10.4. The first kappa shape index (κ1) is 16.3. The number of rotatable bonds is 6. The van der Waals surface area contributed by atoms with Gasteiger partial charge in [0.2, 0.25) is 0 Å². The average Bonchev–Trinajstić information content (AvgIpc) is 2.12. The van der Waals surface area contributed by atoms with E-state index in [4.69, 9.17) is 11.5 Å². The van der Waals surface area contributed by atoms with E-state index in [2.05, 4.69) is 38.3 Å². The zero-order valence-electron chi connectivity index (χ0n) is 10.1. The van der Waals surface area contributed by atoms with Crippen molar-refractivity contribution >= 4 is 0 Å². The molecule has 0 aliphatic carbocycles. The van der Waals surface area contributed by atoms with E-state index < -0.39 is 0 Å². The second kappa shape index (κ2) is 12.8. The molecular formula is C10H28N4. The Labute approximate surface area is 88.8 Å². The lowest BCUT2D eigenvalue weighted by Gasteiger charge is -2.03. The SMILES string of the molecule is CC(C)NCCN.CC(C)NCCN. The van der Waals surface area contributed by atoms with E-state index in [1.165, 1.54) is 0 Å². The first-order valence-corrected chi connectivity index (χ1v) is 5.41. The van der Waals surface area contributed by atoms with Crippen LogP contribution in [0.1, 0.15) is 27.7 Å². The van der Waals surface area contributed by atoms with Gasteiger partial charge in [-0.25, -0.2) is 0 Å². The molecule has 0 unspecified atom stereocenters. The van der Waals surface area contributed by atoms with Crippen LogP contribution in [0.15, 0.2) is 0 Å². The molecule has 0 aromatic heterocycles. The van der Waals surface area contributed by atoms with Crippen LogP contribution in [0, 0.1) is 0 Å². The molecule has 0 rings (SSSR count). The van der Waals surface area contributed by atoms with Crippen LogP contribution < -0.4 is 22.1 Å². The number of hydrogen-bond donors (Lipinski definition) is 4. The van der Waals surface area contributed by atoms with Crippen molar-refractivity contribution in [3.63, 3.8) is 0 Å². The van der Waals surface area contributed by atoms with E-state index in [1.54, 1.807) is 0 Å². The lowest BCUT2D eigenvalue weighted by molar-refractivity contribution is 0.596. The van der Waals surface area contributed by atoms with Crippen LogP contribution in [0.3, 0.4) is 0 Å². The second-order valence-corrected chi connectivity index (χ2v) is 3.79. The van der Waals surface area contributed by atoms with E-state index in [9.17, 15) is 0 Å². The summed E-state index contributed by atoms with van der Waals surface area (Å²) in [6.45, 7) is 11.8. The first-order valence-electron chi connectivity index (χ1n) is 5.41. The van der Waals surface area contributed by atoms with Gasteiger partial charge in [0.15, 0.2) is 0 Å². The number of nitrogens with one attached hydrogen (secondary N) is 2. The molecule has 88 valence electrons. The zero-order valence-corrected chi connectivity index (χ0v) is 10.1. The highest BCUT2D eigenvalue weighted by Gasteiger charge is 1.86. The highest BCUT2D eigenvalue weighted by molar-refractivity contribution is 4.51. The summed E-state index contributed by atoms with van der Waals surface area (Å²) < 4.78 is 0. The van der Waals surface area contributed by atoms with Crippen molar-refractivity contribution in [2.45, 2.75) is 39.8 Å².